The Kier molecular flexibility index (Phi) is 3.74. The van der Waals surface area contributed by atoms with Crippen molar-refractivity contribution in [2.24, 2.45) is 0 Å². The predicted octanol–water partition coefficient (Wildman–Crippen LogP) is 2.25. The van der Waals surface area contributed by atoms with Gasteiger partial charge in [0.1, 0.15) is 5.82 Å². The lowest BCUT2D eigenvalue weighted by Crippen LogP contribution is -2.34. The van der Waals surface area contributed by atoms with Crippen LogP contribution in [-0.2, 0) is 11.3 Å². The zero-order chi connectivity index (χ0) is 12.3. The Morgan fingerprint density at radius 1 is 1.53 bits per heavy atom. The lowest BCUT2D eigenvalue weighted by molar-refractivity contribution is 0.0595. The number of benzene rings is 1. The Labute approximate surface area is 100.0 Å². The summed E-state index contributed by atoms with van der Waals surface area (Å²) in [4.78, 5) is 11.2. The normalized spacial score (nSPS) is 15.4. The highest BCUT2D eigenvalue weighted by Crippen LogP contribution is 2.19. The van der Waals surface area contributed by atoms with Crippen LogP contribution in [0.5, 0.6) is 0 Å². The second-order valence-corrected chi connectivity index (χ2v) is 4.31. The smallest absolute Gasteiger partial charge is 0.340 e. The van der Waals surface area contributed by atoms with E-state index in [0.717, 1.165) is 5.56 Å². The maximum Gasteiger partial charge on any atom is 0.340 e. The Balaban J connectivity index is 1.99. The molecule has 0 bridgehead atoms. The van der Waals surface area contributed by atoms with Gasteiger partial charge < -0.3 is 10.1 Å². The van der Waals surface area contributed by atoms with Crippen molar-refractivity contribution in [3.8, 4) is 0 Å². The highest BCUT2D eigenvalue weighted by Gasteiger charge is 2.17. The minimum atomic E-state index is -0.638. The number of hydrogen-bond donors (Lipinski definition) is 1. The molecule has 1 aliphatic rings. The van der Waals surface area contributed by atoms with Gasteiger partial charge in [0.2, 0.25) is 0 Å². The molecule has 17 heavy (non-hydrogen) atoms. The summed E-state index contributed by atoms with van der Waals surface area (Å²) in [5.74, 6) is -1.16. The second-order valence-electron chi connectivity index (χ2n) is 4.31. The van der Waals surface area contributed by atoms with Crippen molar-refractivity contribution >= 4 is 5.97 Å². The van der Waals surface area contributed by atoms with E-state index in [1.165, 1.54) is 38.5 Å². The number of nitrogens with one attached hydrogen (secondary N) is 1. The molecule has 2 rings (SSSR count). The average molecular weight is 237 g/mol. The highest BCUT2D eigenvalue weighted by atomic mass is 19.1. The van der Waals surface area contributed by atoms with Gasteiger partial charge >= 0.3 is 5.97 Å². The average Bonchev–Trinajstić information content (AvgIpc) is 2.26. The number of hydrogen-bond acceptors (Lipinski definition) is 3. The molecule has 1 saturated carbocycles. The number of esters is 1. The van der Waals surface area contributed by atoms with Crippen molar-refractivity contribution < 1.29 is 13.9 Å². The largest absolute Gasteiger partial charge is 0.465 e. The summed E-state index contributed by atoms with van der Waals surface area (Å²) in [5, 5.41) is 3.34. The van der Waals surface area contributed by atoms with Crippen LogP contribution < -0.4 is 5.32 Å². The van der Waals surface area contributed by atoms with Gasteiger partial charge in [0.15, 0.2) is 0 Å². The first-order valence-electron chi connectivity index (χ1n) is 5.81. The van der Waals surface area contributed by atoms with E-state index in [2.05, 4.69) is 10.1 Å². The predicted molar refractivity (Wildman–Crippen MR) is 62.2 cm³/mol. The van der Waals surface area contributed by atoms with Crippen LogP contribution in [0.1, 0.15) is 35.2 Å². The molecule has 0 unspecified atom stereocenters. The molecule has 0 aromatic heterocycles. The molecule has 4 heteroatoms. The Bertz CT molecular complexity index is 416. The molecule has 0 radical (unpaired) electrons. The number of rotatable bonds is 4. The van der Waals surface area contributed by atoms with E-state index in [-0.39, 0.29) is 5.56 Å². The molecule has 0 aliphatic heterocycles. The third kappa shape index (κ3) is 2.82. The summed E-state index contributed by atoms with van der Waals surface area (Å²) >= 11 is 0. The molecular weight excluding hydrogens is 221 g/mol. The quantitative estimate of drug-likeness (QED) is 0.816. The molecule has 1 fully saturated rings. The third-order valence-electron chi connectivity index (χ3n) is 3.14. The summed E-state index contributed by atoms with van der Waals surface area (Å²) in [7, 11) is 1.24. The van der Waals surface area contributed by atoms with Crippen molar-refractivity contribution in [3.63, 3.8) is 0 Å². The van der Waals surface area contributed by atoms with Gasteiger partial charge in [-0.1, -0.05) is 12.5 Å². The van der Waals surface area contributed by atoms with Crippen LogP contribution in [0.2, 0.25) is 0 Å². The van der Waals surface area contributed by atoms with Crippen LogP contribution >= 0.6 is 0 Å². The van der Waals surface area contributed by atoms with Gasteiger partial charge in [-0.2, -0.15) is 0 Å². The Morgan fingerprint density at radius 2 is 2.29 bits per heavy atom. The molecule has 3 nitrogen and oxygen atoms in total. The van der Waals surface area contributed by atoms with E-state index >= 15 is 0 Å². The standard InChI is InChI=1S/C13H16FNO2/c1-17-13(16)11-6-5-9(7-12(11)14)8-15-10-3-2-4-10/h5-7,10,15H,2-4,8H2,1H3. The van der Waals surface area contributed by atoms with Gasteiger partial charge in [-0.3, -0.25) is 0 Å². The molecule has 0 amide bonds. The molecular formula is C13H16FNO2. The molecule has 92 valence electrons. The maximum absolute atomic E-state index is 13.6. The van der Waals surface area contributed by atoms with Gasteiger partial charge in [-0.25, -0.2) is 9.18 Å². The molecule has 0 heterocycles. The second kappa shape index (κ2) is 5.27. The first-order chi connectivity index (χ1) is 8.20. The molecule has 1 aromatic rings. The molecule has 1 aromatic carbocycles. The summed E-state index contributed by atoms with van der Waals surface area (Å²) < 4.78 is 18.1. The van der Waals surface area contributed by atoms with Crippen molar-refractivity contribution in [2.45, 2.75) is 31.8 Å². The van der Waals surface area contributed by atoms with Gasteiger partial charge in [0, 0.05) is 12.6 Å². The summed E-state index contributed by atoms with van der Waals surface area (Å²) in [6.07, 6.45) is 3.67. The molecule has 0 saturated heterocycles. The van der Waals surface area contributed by atoms with E-state index in [1.807, 2.05) is 0 Å². The lowest BCUT2D eigenvalue weighted by atomic mass is 9.93. The van der Waals surface area contributed by atoms with Gasteiger partial charge in [0.25, 0.3) is 0 Å². The maximum atomic E-state index is 13.6. The molecule has 0 spiro atoms. The van der Waals surface area contributed by atoms with Gasteiger partial charge in [-0.05, 0) is 30.5 Å². The van der Waals surface area contributed by atoms with E-state index in [9.17, 15) is 9.18 Å². The number of carbonyl (C=O) groups excluding carboxylic acids is 1. The zero-order valence-corrected chi connectivity index (χ0v) is 9.83. The van der Waals surface area contributed by atoms with Crippen LogP contribution in [-0.4, -0.2) is 19.1 Å². The van der Waals surface area contributed by atoms with Crippen LogP contribution in [0.15, 0.2) is 18.2 Å². The zero-order valence-electron chi connectivity index (χ0n) is 9.83. The SMILES string of the molecule is COC(=O)c1ccc(CNC2CCC2)cc1F. The summed E-state index contributed by atoms with van der Waals surface area (Å²) in [5.41, 5.74) is 0.835. The number of carbonyl (C=O) groups is 1. The Hall–Kier alpha value is -1.42. The minimum Gasteiger partial charge on any atom is -0.465 e. The molecule has 0 atom stereocenters. The topological polar surface area (TPSA) is 38.3 Å². The number of methoxy groups -OCH3 is 1. The molecule has 1 aliphatic carbocycles. The number of ether oxygens (including phenoxy) is 1. The fourth-order valence-corrected chi connectivity index (χ4v) is 1.82. The van der Waals surface area contributed by atoms with Crippen molar-refractivity contribution in [1.82, 2.24) is 5.32 Å². The van der Waals surface area contributed by atoms with Crippen LogP contribution in [0.3, 0.4) is 0 Å². The summed E-state index contributed by atoms with van der Waals surface area (Å²) in [6, 6.07) is 5.18. The van der Waals surface area contributed by atoms with E-state index < -0.39 is 11.8 Å². The lowest BCUT2D eigenvalue weighted by Gasteiger charge is -2.26. The van der Waals surface area contributed by atoms with Crippen molar-refractivity contribution in [2.75, 3.05) is 7.11 Å². The van der Waals surface area contributed by atoms with Crippen LogP contribution in [0.25, 0.3) is 0 Å². The number of halogens is 1. The van der Waals surface area contributed by atoms with E-state index in [0.29, 0.717) is 12.6 Å². The van der Waals surface area contributed by atoms with Crippen LogP contribution in [0, 0.1) is 5.82 Å². The fourth-order valence-electron chi connectivity index (χ4n) is 1.82. The monoisotopic (exact) mass is 237 g/mol. The highest BCUT2D eigenvalue weighted by molar-refractivity contribution is 5.89. The van der Waals surface area contributed by atoms with Gasteiger partial charge in [0.05, 0.1) is 12.7 Å². The molecule has 1 N–H and O–H groups in total. The Morgan fingerprint density at radius 3 is 2.82 bits per heavy atom. The van der Waals surface area contributed by atoms with E-state index in [4.69, 9.17) is 0 Å². The van der Waals surface area contributed by atoms with Crippen molar-refractivity contribution in [1.29, 1.82) is 0 Å². The minimum absolute atomic E-state index is 0.0140. The first kappa shape index (κ1) is 12.0. The first-order valence-corrected chi connectivity index (χ1v) is 5.81. The van der Waals surface area contributed by atoms with Gasteiger partial charge in [-0.15, -0.1) is 0 Å². The third-order valence-corrected chi connectivity index (χ3v) is 3.14. The van der Waals surface area contributed by atoms with Crippen LogP contribution in [0.4, 0.5) is 4.39 Å². The van der Waals surface area contributed by atoms with Crippen molar-refractivity contribution in [3.05, 3.63) is 35.1 Å². The van der Waals surface area contributed by atoms with E-state index in [1.54, 1.807) is 6.07 Å². The fraction of sp³-hybridized carbons (Fsp3) is 0.462. The summed E-state index contributed by atoms with van der Waals surface area (Å²) in [6.45, 7) is 0.642.